The molecule has 0 spiro atoms. The van der Waals surface area contributed by atoms with Crippen LogP contribution in [0.4, 0.5) is 0 Å². The van der Waals surface area contributed by atoms with Crippen molar-refractivity contribution in [2.24, 2.45) is 0 Å². The van der Waals surface area contributed by atoms with Crippen molar-refractivity contribution in [2.45, 2.75) is 56.3 Å². The van der Waals surface area contributed by atoms with Crippen molar-refractivity contribution in [3.63, 3.8) is 0 Å². The molecule has 0 bridgehead atoms. The van der Waals surface area contributed by atoms with Gasteiger partial charge in [-0.25, -0.2) is 0 Å². The summed E-state index contributed by atoms with van der Waals surface area (Å²) in [5, 5.41) is 58.0. The Balaban J connectivity index is 2.91. The van der Waals surface area contributed by atoms with E-state index in [-0.39, 0.29) is 6.61 Å². The van der Waals surface area contributed by atoms with Crippen LogP contribution in [0.5, 0.6) is 0 Å². The van der Waals surface area contributed by atoms with Gasteiger partial charge in [-0.1, -0.05) is 30.1 Å². The van der Waals surface area contributed by atoms with Crippen LogP contribution >= 0.6 is 0 Å². The van der Waals surface area contributed by atoms with Gasteiger partial charge in [0.1, 0.15) is 36.6 Å². The van der Waals surface area contributed by atoms with Crippen LogP contribution < -0.4 is 0 Å². The molecular weight excluding hydrogens is 356 g/mol. The normalized spacial score (nSPS) is 30.4. The summed E-state index contributed by atoms with van der Waals surface area (Å²) < 4.78 is 10.8. The van der Waals surface area contributed by atoms with Crippen LogP contribution in [0.1, 0.15) is 13.3 Å². The molecule has 1 fully saturated rings. The van der Waals surface area contributed by atoms with Crippen molar-refractivity contribution in [3.05, 3.63) is 24.3 Å². The molecule has 0 aromatic rings. The van der Waals surface area contributed by atoms with Gasteiger partial charge in [0.05, 0.1) is 6.61 Å². The van der Waals surface area contributed by atoms with E-state index in [4.69, 9.17) is 14.6 Å². The monoisotopic (exact) mass is 382 g/mol. The van der Waals surface area contributed by atoms with Crippen LogP contribution in [0.15, 0.2) is 24.3 Å². The van der Waals surface area contributed by atoms with Crippen LogP contribution in [-0.4, -0.2) is 86.8 Å². The highest BCUT2D eigenvalue weighted by Crippen LogP contribution is 2.23. The molecule has 1 saturated heterocycles. The summed E-state index contributed by atoms with van der Waals surface area (Å²) in [4.78, 5) is 0. The van der Waals surface area contributed by atoms with E-state index in [1.807, 2.05) is 0 Å². The Kier molecular flexibility index (Phi) is 10.9. The van der Waals surface area contributed by atoms with Gasteiger partial charge in [0.2, 0.25) is 0 Å². The minimum atomic E-state index is -1.61. The largest absolute Gasteiger partial charge is 0.396 e. The molecule has 0 aliphatic carbocycles. The first kappa shape index (κ1) is 23.3. The fraction of sp³-hybridized carbons (Fsp3) is 0.579. The molecule has 0 radical (unpaired) electrons. The third-order valence-electron chi connectivity index (χ3n) is 3.68. The summed E-state index contributed by atoms with van der Waals surface area (Å²) in [6, 6.07) is 0. The lowest BCUT2D eigenvalue weighted by atomic mass is 9.99. The number of allylic oxidation sites excluding steroid dienone is 2. The van der Waals surface area contributed by atoms with Crippen molar-refractivity contribution < 1.29 is 40.1 Å². The lowest BCUT2D eigenvalue weighted by Gasteiger charge is -2.40. The smallest absolute Gasteiger partial charge is 0.187 e. The second-order valence-electron chi connectivity index (χ2n) is 5.72. The van der Waals surface area contributed by atoms with Gasteiger partial charge in [-0.3, -0.25) is 0 Å². The van der Waals surface area contributed by atoms with Crippen LogP contribution in [0.2, 0.25) is 0 Å². The van der Waals surface area contributed by atoms with Gasteiger partial charge in [0.25, 0.3) is 0 Å². The zero-order chi connectivity index (χ0) is 20.2. The van der Waals surface area contributed by atoms with Crippen LogP contribution in [-0.2, 0) is 9.47 Å². The predicted octanol–water partition coefficient (Wildman–Crippen LogP) is -1.95. The van der Waals surface area contributed by atoms with Gasteiger partial charge >= 0.3 is 0 Å². The Morgan fingerprint density at radius 3 is 2.48 bits per heavy atom. The average Bonchev–Trinajstić information content (AvgIpc) is 2.67. The van der Waals surface area contributed by atoms with E-state index in [9.17, 15) is 25.5 Å². The summed E-state index contributed by atoms with van der Waals surface area (Å²) >= 11 is 0. The Bertz CT molecular complexity index is 607. The van der Waals surface area contributed by atoms with E-state index in [1.165, 1.54) is 6.08 Å². The van der Waals surface area contributed by atoms with Crippen molar-refractivity contribution >= 4 is 0 Å². The zero-order valence-electron chi connectivity index (χ0n) is 15.0. The van der Waals surface area contributed by atoms with E-state index in [2.05, 4.69) is 23.7 Å². The average molecular weight is 382 g/mol. The van der Waals surface area contributed by atoms with Crippen LogP contribution in [0.25, 0.3) is 0 Å². The Hall–Kier alpha value is -1.72. The highest BCUT2D eigenvalue weighted by molar-refractivity contribution is 5.32. The predicted molar refractivity (Wildman–Crippen MR) is 95.9 cm³/mol. The van der Waals surface area contributed by atoms with E-state index < -0.39 is 49.5 Å². The maximum Gasteiger partial charge on any atom is 0.187 e. The van der Waals surface area contributed by atoms with Gasteiger partial charge in [0.15, 0.2) is 6.29 Å². The molecule has 0 aromatic heterocycles. The molecule has 0 unspecified atom stereocenters. The maximum atomic E-state index is 10.2. The second kappa shape index (κ2) is 12.6. The quantitative estimate of drug-likeness (QED) is 0.221. The highest BCUT2D eigenvalue weighted by Gasteiger charge is 2.45. The molecule has 8 heteroatoms. The fourth-order valence-electron chi connectivity index (χ4n) is 2.22. The lowest BCUT2D eigenvalue weighted by molar-refractivity contribution is -0.311. The summed E-state index contributed by atoms with van der Waals surface area (Å²) in [7, 11) is 0. The van der Waals surface area contributed by atoms with Crippen molar-refractivity contribution in [1.29, 1.82) is 0 Å². The minimum absolute atomic E-state index is 0.111. The second-order valence-corrected chi connectivity index (χ2v) is 5.72. The zero-order valence-corrected chi connectivity index (χ0v) is 15.0. The van der Waals surface area contributed by atoms with Crippen LogP contribution in [0.3, 0.4) is 0 Å². The number of rotatable bonds is 7. The van der Waals surface area contributed by atoms with Gasteiger partial charge in [-0.05, 0) is 31.3 Å². The third-order valence-corrected chi connectivity index (χ3v) is 3.68. The molecule has 0 amide bonds. The molecule has 0 saturated carbocycles. The Morgan fingerprint density at radius 2 is 1.85 bits per heavy atom. The molecule has 1 rings (SSSR count). The first-order chi connectivity index (χ1) is 13.0. The maximum absolute atomic E-state index is 10.2. The molecule has 150 valence electrons. The molecule has 8 nitrogen and oxygen atoms in total. The number of ether oxygens (including phenoxy) is 2. The van der Waals surface area contributed by atoms with Crippen molar-refractivity contribution in [3.8, 4) is 23.7 Å². The Labute approximate surface area is 158 Å². The van der Waals surface area contributed by atoms with Crippen LogP contribution in [0, 0.1) is 23.7 Å². The number of aliphatic hydroxyl groups is 6. The molecular formula is C19H26O8. The van der Waals surface area contributed by atoms with Gasteiger partial charge < -0.3 is 40.1 Å². The standard InChI is InChI=1S/C19H26O8/c1-2-3-4-5-6-9-13(22)14(10-7-8-11-20)26-19-18(25)17(24)16(23)15(12-21)27-19/h2-3,7,10,13-25H,8,11-12H2,1H3/b3-2+,10-7+/t13-,14+,15-,16-,17+,18-,19-/m1/s1. The number of aliphatic hydroxyl groups excluding tert-OH is 6. The first-order valence-electron chi connectivity index (χ1n) is 8.50. The molecule has 1 heterocycles. The molecule has 1 aliphatic heterocycles. The fourth-order valence-corrected chi connectivity index (χ4v) is 2.22. The minimum Gasteiger partial charge on any atom is -0.396 e. The van der Waals surface area contributed by atoms with E-state index in [1.54, 1.807) is 25.2 Å². The first-order valence-corrected chi connectivity index (χ1v) is 8.50. The topological polar surface area (TPSA) is 140 Å². The van der Waals surface area contributed by atoms with Gasteiger partial charge in [-0.15, -0.1) is 0 Å². The molecule has 6 N–H and O–H groups in total. The van der Waals surface area contributed by atoms with Gasteiger partial charge in [-0.2, -0.15) is 0 Å². The number of hydrogen-bond donors (Lipinski definition) is 6. The van der Waals surface area contributed by atoms with Crippen molar-refractivity contribution in [1.82, 2.24) is 0 Å². The third kappa shape index (κ3) is 7.43. The summed E-state index contributed by atoms with van der Waals surface area (Å²) in [6.45, 7) is 1.09. The molecule has 27 heavy (non-hydrogen) atoms. The lowest BCUT2D eigenvalue weighted by Crippen LogP contribution is -2.60. The number of hydrogen-bond acceptors (Lipinski definition) is 8. The SMILES string of the molecule is C/C=C/C#CC#C[C@@H](O)[C@H](/C=C/CCO)O[C@@H]1O[C@H](CO)[C@@H](O)[C@H](O)[C@H]1O. The summed E-state index contributed by atoms with van der Waals surface area (Å²) in [6.07, 6.45) is -3.10. The molecule has 0 aromatic carbocycles. The summed E-state index contributed by atoms with van der Waals surface area (Å²) in [5.74, 6) is 10.1. The van der Waals surface area contributed by atoms with E-state index >= 15 is 0 Å². The van der Waals surface area contributed by atoms with E-state index in [0.29, 0.717) is 6.42 Å². The molecule has 7 atom stereocenters. The molecule has 1 aliphatic rings. The highest BCUT2D eigenvalue weighted by atomic mass is 16.7. The van der Waals surface area contributed by atoms with Gasteiger partial charge in [0, 0.05) is 6.61 Å². The summed E-state index contributed by atoms with van der Waals surface area (Å²) in [5.41, 5.74) is 0. The van der Waals surface area contributed by atoms with Crippen molar-refractivity contribution in [2.75, 3.05) is 13.2 Å². The Morgan fingerprint density at radius 1 is 1.11 bits per heavy atom. The van der Waals surface area contributed by atoms with E-state index in [0.717, 1.165) is 0 Å².